The summed E-state index contributed by atoms with van der Waals surface area (Å²) in [5.41, 5.74) is -0.925. The van der Waals surface area contributed by atoms with E-state index < -0.39 is 16.9 Å². The SMILES string of the molecule is O=C(O)C1SCCN2C(=O)c3ccccc3C12O. The van der Waals surface area contributed by atoms with Gasteiger partial charge in [-0.25, -0.2) is 0 Å². The summed E-state index contributed by atoms with van der Waals surface area (Å²) in [5.74, 6) is -0.879. The third-order valence-electron chi connectivity index (χ3n) is 3.40. The zero-order valence-electron chi connectivity index (χ0n) is 9.37. The molecular formula is C12H11NO4S. The molecule has 2 unspecified atom stereocenters. The van der Waals surface area contributed by atoms with Crippen molar-refractivity contribution in [3.63, 3.8) is 0 Å². The molecule has 1 saturated heterocycles. The van der Waals surface area contributed by atoms with E-state index in [4.69, 9.17) is 0 Å². The molecule has 2 aliphatic rings. The van der Waals surface area contributed by atoms with E-state index in [-0.39, 0.29) is 5.91 Å². The first-order chi connectivity index (χ1) is 8.56. The number of amides is 1. The quantitative estimate of drug-likeness (QED) is 0.772. The lowest BCUT2D eigenvalue weighted by Gasteiger charge is -2.41. The molecule has 6 heteroatoms. The predicted molar refractivity (Wildman–Crippen MR) is 65.3 cm³/mol. The zero-order chi connectivity index (χ0) is 12.9. The maximum absolute atomic E-state index is 12.2. The first kappa shape index (κ1) is 11.6. The number of carbonyl (C=O) groups excluding carboxylic acids is 1. The number of carboxylic acid groups (broad SMARTS) is 1. The fourth-order valence-corrected chi connectivity index (χ4v) is 3.77. The van der Waals surface area contributed by atoms with Crippen molar-refractivity contribution < 1.29 is 19.8 Å². The van der Waals surface area contributed by atoms with Crippen LogP contribution in [0.5, 0.6) is 0 Å². The van der Waals surface area contributed by atoms with Crippen LogP contribution in [-0.4, -0.2) is 44.5 Å². The van der Waals surface area contributed by atoms with Gasteiger partial charge in [-0.15, -0.1) is 11.8 Å². The van der Waals surface area contributed by atoms with E-state index in [9.17, 15) is 19.8 Å². The largest absolute Gasteiger partial charge is 0.480 e. The van der Waals surface area contributed by atoms with E-state index in [1.807, 2.05) is 0 Å². The van der Waals surface area contributed by atoms with Crippen molar-refractivity contribution >= 4 is 23.6 Å². The van der Waals surface area contributed by atoms with Crippen LogP contribution in [-0.2, 0) is 10.5 Å². The van der Waals surface area contributed by atoms with E-state index >= 15 is 0 Å². The van der Waals surface area contributed by atoms with Gasteiger partial charge in [0.1, 0.15) is 0 Å². The van der Waals surface area contributed by atoms with Gasteiger partial charge in [-0.2, -0.15) is 0 Å². The summed E-state index contributed by atoms with van der Waals surface area (Å²) in [6.45, 7) is 0.360. The molecule has 0 radical (unpaired) electrons. The molecule has 0 aliphatic carbocycles. The maximum Gasteiger partial charge on any atom is 0.322 e. The standard InChI is InChI=1S/C12H11NO4S/c14-10-7-3-1-2-4-8(7)12(17)9(11(15)16)18-6-5-13(10)12/h1-4,9,17H,5-6H2,(H,15,16). The summed E-state index contributed by atoms with van der Waals surface area (Å²) in [6.07, 6.45) is 0. The Morgan fingerprint density at radius 1 is 1.44 bits per heavy atom. The molecule has 2 heterocycles. The average Bonchev–Trinajstić information content (AvgIpc) is 2.59. The van der Waals surface area contributed by atoms with Crippen molar-refractivity contribution in [3.8, 4) is 0 Å². The number of carbonyl (C=O) groups is 2. The van der Waals surface area contributed by atoms with Crippen LogP contribution in [0.2, 0.25) is 0 Å². The van der Waals surface area contributed by atoms with E-state index in [0.29, 0.717) is 23.4 Å². The minimum Gasteiger partial charge on any atom is -0.480 e. The van der Waals surface area contributed by atoms with Gasteiger partial charge in [0, 0.05) is 23.4 Å². The molecule has 5 nitrogen and oxygen atoms in total. The van der Waals surface area contributed by atoms with Gasteiger partial charge in [-0.05, 0) is 6.07 Å². The molecule has 1 aromatic rings. The summed E-state index contributed by atoms with van der Waals surface area (Å²) in [5, 5.41) is 19.0. The summed E-state index contributed by atoms with van der Waals surface area (Å²) >= 11 is 1.17. The molecular weight excluding hydrogens is 254 g/mol. The number of aliphatic hydroxyl groups is 1. The molecule has 0 bridgehead atoms. The van der Waals surface area contributed by atoms with Gasteiger partial charge >= 0.3 is 5.97 Å². The Morgan fingerprint density at radius 3 is 2.89 bits per heavy atom. The minimum absolute atomic E-state index is 0.292. The normalized spacial score (nSPS) is 29.9. The highest BCUT2D eigenvalue weighted by atomic mass is 32.2. The fourth-order valence-electron chi connectivity index (χ4n) is 2.61. The van der Waals surface area contributed by atoms with Crippen molar-refractivity contribution in [3.05, 3.63) is 35.4 Å². The van der Waals surface area contributed by atoms with Crippen molar-refractivity contribution in [2.75, 3.05) is 12.3 Å². The number of hydrogen-bond donors (Lipinski definition) is 2. The predicted octanol–water partition coefficient (Wildman–Crippen LogP) is 0.488. The lowest BCUT2D eigenvalue weighted by molar-refractivity contribution is -0.150. The van der Waals surface area contributed by atoms with Gasteiger partial charge < -0.3 is 15.1 Å². The van der Waals surface area contributed by atoms with Gasteiger partial charge in [-0.1, -0.05) is 18.2 Å². The van der Waals surface area contributed by atoms with Crippen LogP contribution < -0.4 is 0 Å². The van der Waals surface area contributed by atoms with E-state index in [1.54, 1.807) is 24.3 Å². The number of benzene rings is 1. The first-order valence-corrected chi connectivity index (χ1v) is 6.60. The van der Waals surface area contributed by atoms with Crippen molar-refractivity contribution in [2.24, 2.45) is 0 Å². The molecule has 3 rings (SSSR count). The molecule has 0 spiro atoms. The maximum atomic E-state index is 12.2. The van der Waals surface area contributed by atoms with Gasteiger partial charge in [0.05, 0.1) is 0 Å². The topological polar surface area (TPSA) is 77.8 Å². The highest BCUT2D eigenvalue weighted by Crippen LogP contribution is 2.46. The molecule has 1 aromatic carbocycles. The summed E-state index contributed by atoms with van der Waals surface area (Å²) in [7, 11) is 0. The summed E-state index contributed by atoms with van der Waals surface area (Å²) in [4.78, 5) is 24.7. The van der Waals surface area contributed by atoms with Crippen LogP contribution in [0.25, 0.3) is 0 Å². The number of fused-ring (bicyclic) bond motifs is 3. The third-order valence-corrected chi connectivity index (χ3v) is 4.68. The fraction of sp³-hybridized carbons (Fsp3) is 0.333. The van der Waals surface area contributed by atoms with Crippen molar-refractivity contribution in [2.45, 2.75) is 11.0 Å². The molecule has 0 saturated carbocycles. The number of nitrogens with zero attached hydrogens (tertiary/aromatic N) is 1. The number of rotatable bonds is 1. The van der Waals surface area contributed by atoms with Gasteiger partial charge in [-0.3, -0.25) is 9.59 Å². The van der Waals surface area contributed by atoms with E-state index in [1.165, 1.54) is 16.7 Å². The molecule has 0 aromatic heterocycles. The second-order valence-corrected chi connectivity index (χ2v) is 5.53. The monoisotopic (exact) mass is 265 g/mol. The third kappa shape index (κ3) is 1.27. The molecule has 2 aliphatic heterocycles. The van der Waals surface area contributed by atoms with Crippen LogP contribution in [0.4, 0.5) is 0 Å². The van der Waals surface area contributed by atoms with Crippen LogP contribution in [0.3, 0.4) is 0 Å². The summed E-state index contributed by atoms with van der Waals surface area (Å²) < 4.78 is 0. The van der Waals surface area contributed by atoms with Gasteiger partial charge in [0.2, 0.25) is 0 Å². The molecule has 2 atom stereocenters. The second kappa shape index (κ2) is 3.73. The van der Waals surface area contributed by atoms with Crippen molar-refractivity contribution in [1.29, 1.82) is 0 Å². The van der Waals surface area contributed by atoms with Crippen LogP contribution in [0, 0.1) is 0 Å². The molecule has 2 N–H and O–H groups in total. The second-order valence-electron chi connectivity index (χ2n) is 4.32. The van der Waals surface area contributed by atoms with Gasteiger partial charge in [0.25, 0.3) is 5.91 Å². The van der Waals surface area contributed by atoms with Crippen LogP contribution >= 0.6 is 11.8 Å². The lowest BCUT2D eigenvalue weighted by Crippen LogP contribution is -2.57. The van der Waals surface area contributed by atoms with Gasteiger partial charge in [0.15, 0.2) is 11.0 Å². The molecule has 18 heavy (non-hydrogen) atoms. The highest BCUT2D eigenvalue weighted by molar-refractivity contribution is 8.00. The van der Waals surface area contributed by atoms with E-state index in [2.05, 4.69) is 0 Å². The van der Waals surface area contributed by atoms with Crippen LogP contribution in [0.1, 0.15) is 15.9 Å². The Hall–Kier alpha value is -1.53. The molecule has 94 valence electrons. The Morgan fingerprint density at radius 2 is 2.17 bits per heavy atom. The average molecular weight is 265 g/mol. The Bertz CT molecular complexity index is 539. The van der Waals surface area contributed by atoms with Crippen LogP contribution in [0.15, 0.2) is 24.3 Å². The smallest absolute Gasteiger partial charge is 0.322 e. The number of thioether (sulfide) groups is 1. The molecule has 1 amide bonds. The number of hydrogen-bond acceptors (Lipinski definition) is 4. The Balaban J connectivity index is 2.21. The first-order valence-electron chi connectivity index (χ1n) is 5.55. The number of carboxylic acids is 1. The van der Waals surface area contributed by atoms with Crippen molar-refractivity contribution in [1.82, 2.24) is 4.90 Å². The Labute approximate surface area is 107 Å². The highest BCUT2D eigenvalue weighted by Gasteiger charge is 2.58. The number of aliphatic carboxylic acids is 1. The lowest BCUT2D eigenvalue weighted by atomic mass is 9.97. The summed E-state index contributed by atoms with van der Waals surface area (Å²) in [6, 6.07) is 6.65. The minimum atomic E-state index is -1.72. The Kier molecular flexibility index (Phi) is 2.39. The zero-order valence-corrected chi connectivity index (χ0v) is 10.2. The molecule has 1 fully saturated rings. The van der Waals surface area contributed by atoms with E-state index in [0.717, 1.165) is 0 Å².